The lowest BCUT2D eigenvalue weighted by atomic mass is 9.78. The lowest BCUT2D eigenvalue weighted by Gasteiger charge is -2.45. The number of rotatable bonds is 10. The molecule has 50 heavy (non-hydrogen) atoms. The predicted octanol–water partition coefficient (Wildman–Crippen LogP) is 5.34. The van der Waals surface area contributed by atoms with Gasteiger partial charge in [-0.05, 0) is 69.3 Å². The summed E-state index contributed by atoms with van der Waals surface area (Å²) in [6.07, 6.45) is 5.63. The number of nitrogens with one attached hydrogen (secondary N) is 1. The molecule has 0 saturated carbocycles. The highest BCUT2D eigenvalue weighted by Crippen LogP contribution is 2.46. The number of piperazine rings is 1. The Morgan fingerprint density at radius 3 is 1.98 bits per heavy atom. The van der Waals surface area contributed by atoms with Crippen LogP contribution in [0.5, 0.6) is 5.75 Å². The van der Waals surface area contributed by atoms with Gasteiger partial charge in [-0.15, -0.1) is 0 Å². The monoisotopic (exact) mass is 724 g/mol. The van der Waals surface area contributed by atoms with Gasteiger partial charge in [0.1, 0.15) is 5.75 Å². The number of halogens is 2. The fraction of sp³-hybridized carbons (Fsp3) is 0.500. The summed E-state index contributed by atoms with van der Waals surface area (Å²) in [4.78, 5) is 48.5. The Kier molecular flexibility index (Phi) is 11.4. The molecule has 4 aliphatic heterocycles. The number of aryl methyl sites for hydroxylation is 1. The maximum Gasteiger partial charge on any atom is 0.336 e. The largest absolute Gasteiger partial charge is 0.496 e. The molecule has 3 unspecified atom stereocenters. The fourth-order valence-electron chi connectivity index (χ4n) is 8.37. The summed E-state index contributed by atoms with van der Waals surface area (Å²) < 4.78 is 16.2. The Bertz CT molecular complexity index is 1650. The van der Waals surface area contributed by atoms with Crippen molar-refractivity contribution in [2.24, 2.45) is 0 Å². The minimum absolute atomic E-state index is 0.0951. The number of nitrogens with zero attached hydrogens (tertiary/aromatic N) is 3. The van der Waals surface area contributed by atoms with E-state index in [2.05, 4.69) is 22.2 Å². The molecule has 0 spiro atoms. The molecule has 268 valence electrons. The lowest BCUT2D eigenvalue weighted by Crippen LogP contribution is -2.56. The van der Waals surface area contributed by atoms with E-state index >= 15 is 0 Å². The first-order valence-corrected chi connectivity index (χ1v) is 18.1. The van der Waals surface area contributed by atoms with Crippen LogP contribution >= 0.6 is 23.2 Å². The van der Waals surface area contributed by atoms with Crippen molar-refractivity contribution in [3.63, 3.8) is 0 Å². The second-order valence-electron chi connectivity index (χ2n) is 13.5. The number of piperidine rings is 1. The molecule has 10 nitrogen and oxygen atoms in total. The third-order valence-electron chi connectivity index (χ3n) is 11.0. The first-order valence-electron chi connectivity index (χ1n) is 17.3. The van der Waals surface area contributed by atoms with Crippen LogP contribution in [0.1, 0.15) is 55.6 Å². The molecule has 4 heterocycles. The summed E-state index contributed by atoms with van der Waals surface area (Å²) in [6.45, 7) is 2.82. The highest BCUT2D eigenvalue weighted by molar-refractivity contribution is 6.36. The van der Waals surface area contributed by atoms with Gasteiger partial charge in [0.2, 0.25) is 5.91 Å². The third-order valence-corrected chi connectivity index (χ3v) is 11.7. The number of hydrogen-bond donors (Lipinski definition) is 1. The molecule has 2 aromatic rings. The molecule has 0 radical (unpaired) electrons. The highest BCUT2D eigenvalue weighted by atomic mass is 35.5. The molecule has 1 N–H and O–H groups in total. The van der Waals surface area contributed by atoms with Gasteiger partial charge in [0.15, 0.2) is 0 Å². The van der Waals surface area contributed by atoms with Crippen molar-refractivity contribution in [1.29, 1.82) is 0 Å². The molecule has 2 bridgehead atoms. The Balaban J connectivity index is 1.31. The van der Waals surface area contributed by atoms with Crippen molar-refractivity contribution in [3.8, 4) is 5.75 Å². The number of benzene rings is 2. The molecule has 3 saturated heterocycles. The summed E-state index contributed by atoms with van der Waals surface area (Å²) in [7, 11) is 6.42. The molecule has 0 aliphatic carbocycles. The van der Waals surface area contributed by atoms with Gasteiger partial charge in [0.25, 0.3) is 0 Å². The average Bonchev–Trinajstić information content (AvgIpc) is 3.31. The third kappa shape index (κ3) is 7.26. The SMILES string of the molecule is COC(=O)C1=C(CCc2ccccc2OC)NC(CC(=O)N2CCN(C3CC4CCC(C3)N4C)CC2)=C(C(=O)OC)C1c1c(Cl)cccc1Cl. The van der Waals surface area contributed by atoms with Crippen molar-refractivity contribution in [3.05, 3.63) is 86.2 Å². The van der Waals surface area contributed by atoms with E-state index in [1.54, 1.807) is 25.3 Å². The van der Waals surface area contributed by atoms with Crippen LogP contribution in [-0.4, -0.2) is 105 Å². The van der Waals surface area contributed by atoms with Gasteiger partial charge in [-0.2, -0.15) is 0 Å². The van der Waals surface area contributed by atoms with Crippen molar-refractivity contribution >= 4 is 41.0 Å². The number of esters is 2. The number of carbonyl (C=O) groups excluding carboxylic acids is 3. The molecule has 1 amide bonds. The number of fused-ring (bicyclic) bond motifs is 2. The van der Waals surface area contributed by atoms with Crippen molar-refractivity contribution in [2.75, 3.05) is 54.6 Å². The number of para-hydroxylation sites is 1. The van der Waals surface area contributed by atoms with E-state index in [1.165, 1.54) is 39.9 Å². The van der Waals surface area contributed by atoms with Crippen LogP contribution in [-0.2, 0) is 30.3 Å². The van der Waals surface area contributed by atoms with Gasteiger partial charge in [-0.25, -0.2) is 9.59 Å². The summed E-state index contributed by atoms with van der Waals surface area (Å²) in [6, 6.07) is 14.5. The summed E-state index contributed by atoms with van der Waals surface area (Å²) >= 11 is 13.6. The summed E-state index contributed by atoms with van der Waals surface area (Å²) in [5, 5.41) is 3.88. The summed E-state index contributed by atoms with van der Waals surface area (Å²) in [5.74, 6) is -1.81. The number of amides is 1. The number of allylic oxidation sites excluding steroid dienone is 1. The molecule has 12 heteroatoms. The Hall–Kier alpha value is -3.57. The molecule has 0 aromatic heterocycles. The predicted molar refractivity (Wildman–Crippen MR) is 192 cm³/mol. The zero-order valence-electron chi connectivity index (χ0n) is 29.2. The van der Waals surface area contributed by atoms with Crippen LogP contribution < -0.4 is 10.1 Å². The van der Waals surface area contributed by atoms with E-state index in [9.17, 15) is 14.4 Å². The normalized spacial score (nSPS) is 24.2. The summed E-state index contributed by atoms with van der Waals surface area (Å²) in [5.41, 5.74) is 2.41. The quantitative estimate of drug-likeness (QED) is 0.326. The number of hydrogen-bond acceptors (Lipinski definition) is 9. The minimum Gasteiger partial charge on any atom is -0.496 e. The van der Waals surface area contributed by atoms with Crippen LogP contribution in [0, 0.1) is 0 Å². The van der Waals surface area contributed by atoms with Gasteiger partial charge < -0.3 is 29.3 Å². The molecule has 3 fully saturated rings. The van der Waals surface area contributed by atoms with Crippen LogP contribution in [0.4, 0.5) is 0 Å². The smallest absolute Gasteiger partial charge is 0.336 e. The van der Waals surface area contributed by atoms with Gasteiger partial charge in [-0.1, -0.05) is 47.5 Å². The van der Waals surface area contributed by atoms with Crippen LogP contribution in [0.25, 0.3) is 0 Å². The number of ether oxygens (including phenoxy) is 3. The standard InChI is InChI=1S/C38H46Cl2N4O6/c1-42-24-13-14-25(42)21-26(20-24)43-16-18-44(19-17-43)32(45)22-30-35(38(47)50-4)36(33-27(39)9-7-10-28(33)40)34(37(46)49-3)29(41-30)15-12-23-8-5-6-11-31(23)48-2/h5-11,24-26,36,41H,12-22H2,1-4H3. The van der Waals surface area contributed by atoms with Crippen LogP contribution in [0.3, 0.4) is 0 Å². The minimum atomic E-state index is -1.05. The fourth-order valence-corrected chi connectivity index (χ4v) is 8.99. The average molecular weight is 726 g/mol. The van der Waals surface area contributed by atoms with Gasteiger partial charge in [-0.3, -0.25) is 9.69 Å². The van der Waals surface area contributed by atoms with Crippen molar-refractivity contribution < 1.29 is 28.6 Å². The molecular weight excluding hydrogens is 679 g/mol. The molecule has 6 rings (SSSR count). The van der Waals surface area contributed by atoms with E-state index in [1.807, 2.05) is 29.2 Å². The van der Waals surface area contributed by atoms with Gasteiger partial charge in [0.05, 0.1) is 44.8 Å². The zero-order chi connectivity index (χ0) is 35.5. The Morgan fingerprint density at radius 2 is 1.38 bits per heavy atom. The van der Waals surface area contributed by atoms with E-state index in [4.69, 9.17) is 37.4 Å². The zero-order valence-corrected chi connectivity index (χ0v) is 30.7. The number of dihydropyridines is 1. The van der Waals surface area contributed by atoms with Crippen LogP contribution in [0.2, 0.25) is 10.0 Å². The molecule has 4 aliphatic rings. The number of methoxy groups -OCH3 is 3. The topological polar surface area (TPSA) is 101 Å². The van der Waals surface area contributed by atoms with Gasteiger partial charge in [0, 0.05) is 71.3 Å². The van der Waals surface area contributed by atoms with Gasteiger partial charge >= 0.3 is 11.9 Å². The first kappa shape index (κ1) is 36.2. The second kappa shape index (κ2) is 15.8. The first-order chi connectivity index (χ1) is 24.1. The van der Waals surface area contributed by atoms with E-state index < -0.39 is 17.9 Å². The van der Waals surface area contributed by atoms with Crippen molar-refractivity contribution in [2.45, 2.75) is 69.0 Å². The lowest BCUT2D eigenvalue weighted by molar-refractivity contribution is -0.137. The molecular formula is C38H46Cl2N4O6. The Labute approximate surface area is 304 Å². The molecule has 3 atom stereocenters. The maximum atomic E-state index is 14.1. The highest BCUT2D eigenvalue weighted by Gasteiger charge is 2.43. The van der Waals surface area contributed by atoms with E-state index in [-0.39, 0.29) is 33.5 Å². The van der Waals surface area contributed by atoms with E-state index in [0.29, 0.717) is 66.8 Å². The molecule has 2 aromatic carbocycles. The maximum absolute atomic E-state index is 14.1. The second-order valence-corrected chi connectivity index (χ2v) is 14.4. The van der Waals surface area contributed by atoms with Crippen molar-refractivity contribution in [1.82, 2.24) is 20.0 Å². The van der Waals surface area contributed by atoms with E-state index in [0.717, 1.165) is 18.7 Å². The number of carbonyl (C=O) groups is 3. The Morgan fingerprint density at radius 1 is 0.780 bits per heavy atom. The van der Waals surface area contributed by atoms with Crippen LogP contribution in [0.15, 0.2) is 65.0 Å².